The van der Waals surface area contributed by atoms with E-state index >= 15 is 0 Å². The van der Waals surface area contributed by atoms with Crippen molar-refractivity contribution in [2.75, 3.05) is 24.5 Å². The molecular weight excluding hydrogens is 244 g/mol. The highest BCUT2D eigenvalue weighted by Crippen LogP contribution is 2.40. The normalized spacial score (nSPS) is 32.3. The highest BCUT2D eigenvalue weighted by atomic mass is 32.1. The fraction of sp³-hybridized carbons (Fsp3) is 0.846. The van der Waals surface area contributed by atoms with Crippen LogP contribution in [0.25, 0.3) is 0 Å². The molecule has 4 nitrogen and oxygen atoms in total. The van der Waals surface area contributed by atoms with Crippen LogP contribution >= 0.6 is 11.5 Å². The van der Waals surface area contributed by atoms with Gasteiger partial charge in [-0.2, -0.15) is 4.37 Å². The molecule has 3 heterocycles. The molecular formula is C13H20N4S. The van der Waals surface area contributed by atoms with Crippen molar-refractivity contribution < 1.29 is 0 Å². The topological polar surface area (TPSA) is 41.0 Å². The van der Waals surface area contributed by atoms with Gasteiger partial charge in [-0.15, -0.1) is 0 Å². The molecule has 1 aromatic heterocycles. The van der Waals surface area contributed by atoms with Crippen molar-refractivity contribution in [2.24, 2.45) is 5.92 Å². The summed E-state index contributed by atoms with van der Waals surface area (Å²) in [6, 6.07) is 0.755. The smallest absolute Gasteiger partial charge is 0.205 e. The number of anilines is 1. The van der Waals surface area contributed by atoms with Crippen molar-refractivity contribution in [3.8, 4) is 0 Å². The zero-order valence-electron chi connectivity index (χ0n) is 10.6. The second-order valence-electron chi connectivity index (χ2n) is 5.91. The van der Waals surface area contributed by atoms with Gasteiger partial charge >= 0.3 is 0 Å². The summed E-state index contributed by atoms with van der Waals surface area (Å²) in [7, 11) is 0. The Morgan fingerprint density at radius 2 is 2.17 bits per heavy atom. The molecule has 4 rings (SSSR count). The van der Waals surface area contributed by atoms with Crippen LogP contribution in [0.4, 0.5) is 5.13 Å². The zero-order valence-corrected chi connectivity index (χ0v) is 11.5. The summed E-state index contributed by atoms with van der Waals surface area (Å²) >= 11 is 1.61. The second-order valence-corrected chi connectivity index (χ2v) is 6.64. The van der Waals surface area contributed by atoms with E-state index in [-0.39, 0.29) is 0 Å². The van der Waals surface area contributed by atoms with Crippen molar-refractivity contribution in [2.45, 2.75) is 44.1 Å². The minimum absolute atomic E-state index is 0.684. The minimum Gasteiger partial charge on any atom is -0.346 e. The van der Waals surface area contributed by atoms with Crippen LogP contribution in [0.15, 0.2) is 0 Å². The molecule has 5 heteroatoms. The van der Waals surface area contributed by atoms with Crippen LogP contribution in [-0.4, -0.2) is 35.0 Å². The van der Waals surface area contributed by atoms with Gasteiger partial charge in [0.2, 0.25) is 5.13 Å². The van der Waals surface area contributed by atoms with Crippen molar-refractivity contribution >= 4 is 16.7 Å². The molecule has 0 radical (unpaired) electrons. The van der Waals surface area contributed by atoms with Crippen molar-refractivity contribution in [3.63, 3.8) is 0 Å². The number of hydrogen-bond acceptors (Lipinski definition) is 5. The van der Waals surface area contributed by atoms with E-state index in [9.17, 15) is 0 Å². The Hall–Kier alpha value is -0.680. The lowest BCUT2D eigenvalue weighted by Crippen LogP contribution is -2.52. The summed E-state index contributed by atoms with van der Waals surface area (Å²) in [4.78, 5) is 7.22. The first-order valence-corrected chi connectivity index (χ1v) is 7.99. The van der Waals surface area contributed by atoms with Crippen molar-refractivity contribution in [3.05, 3.63) is 5.82 Å². The van der Waals surface area contributed by atoms with Gasteiger partial charge in [-0.1, -0.05) is 0 Å². The largest absolute Gasteiger partial charge is 0.346 e. The minimum atomic E-state index is 0.684. The fourth-order valence-corrected chi connectivity index (χ4v) is 4.06. The quantitative estimate of drug-likeness (QED) is 0.887. The average molecular weight is 264 g/mol. The molecule has 0 bridgehead atoms. The number of nitrogens with one attached hydrogen (secondary N) is 1. The maximum atomic E-state index is 4.75. The molecule has 1 N–H and O–H groups in total. The number of piperidine rings is 2. The van der Waals surface area contributed by atoms with E-state index < -0.39 is 0 Å². The molecule has 0 amide bonds. The van der Waals surface area contributed by atoms with Gasteiger partial charge in [-0.25, -0.2) is 4.98 Å². The van der Waals surface area contributed by atoms with E-state index in [2.05, 4.69) is 14.6 Å². The van der Waals surface area contributed by atoms with E-state index in [1.165, 1.54) is 50.3 Å². The van der Waals surface area contributed by atoms with Crippen LogP contribution in [0.3, 0.4) is 0 Å². The molecule has 2 atom stereocenters. The summed E-state index contributed by atoms with van der Waals surface area (Å²) in [5.74, 6) is 2.61. The summed E-state index contributed by atoms with van der Waals surface area (Å²) < 4.78 is 4.53. The Morgan fingerprint density at radius 1 is 1.22 bits per heavy atom. The monoisotopic (exact) mass is 264 g/mol. The Morgan fingerprint density at radius 3 is 3.06 bits per heavy atom. The van der Waals surface area contributed by atoms with Crippen LogP contribution in [-0.2, 0) is 0 Å². The Kier molecular flexibility index (Phi) is 2.77. The third-order valence-corrected chi connectivity index (χ3v) is 5.33. The fourth-order valence-electron chi connectivity index (χ4n) is 3.28. The van der Waals surface area contributed by atoms with Gasteiger partial charge in [-0.05, 0) is 44.6 Å². The first-order valence-electron chi connectivity index (χ1n) is 7.22. The lowest BCUT2D eigenvalue weighted by molar-refractivity contribution is 0.244. The molecule has 18 heavy (non-hydrogen) atoms. The number of rotatable bonds is 2. The van der Waals surface area contributed by atoms with Crippen LogP contribution in [0.2, 0.25) is 0 Å². The van der Waals surface area contributed by atoms with E-state index in [1.54, 1.807) is 11.5 Å². The Bertz CT molecular complexity index is 428. The first kappa shape index (κ1) is 11.2. The maximum absolute atomic E-state index is 4.75. The molecule has 3 aliphatic rings. The average Bonchev–Trinajstić information content (AvgIpc) is 3.16. The lowest BCUT2D eigenvalue weighted by atomic mass is 9.86. The summed E-state index contributed by atoms with van der Waals surface area (Å²) in [5.41, 5.74) is 0. The van der Waals surface area contributed by atoms with E-state index in [0.717, 1.165) is 24.3 Å². The van der Waals surface area contributed by atoms with Crippen LogP contribution in [0.5, 0.6) is 0 Å². The molecule has 3 fully saturated rings. The van der Waals surface area contributed by atoms with Crippen molar-refractivity contribution in [1.82, 2.24) is 14.7 Å². The predicted octanol–water partition coefficient (Wildman–Crippen LogP) is 1.99. The Labute approximate surface area is 112 Å². The van der Waals surface area contributed by atoms with Gasteiger partial charge < -0.3 is 10.2 Å². The SMILES string of the molecule is C1CNC2CCN(c3nc(C4CC4)ns3)CC2C1. The summed E-state index contributed by atoms with van der Waals surface area (Å²) in [5, 5.41) is 4.83. The molecule has 98 valence electrons. The van der Waals surface area contributed by atoms with Gasteiger partial charge in [0.1, 0.15) is 5.82 Å². The molecule has 1 saturated carbocycles. The number of nitrogens with zero attached hydrogens (tertiary/aromatic N) is 3. The third kappa shape index (κ3) is 2.03. The highest BCUT2D eigenvalue weighted by Gasteiger charge is 2.33. The molecule has 1 aromatic rings. The first-order chi connectivity index (χ1) is 8.90. The van der Waals surface area contributed by atoms with Gasteiger partial charge in [0, 0.05) is 36.6 Å². The van der Waals surface area contributed by atoms with E-state index in [4.69, 9.17) is 4.98 Å². The van der Waals surface area contributed by atoms with Gasteiger partial charge in [0.25, 0.3) is 0 Å². The number of aromatic nitrogens is 2. The third-order valence-electron chi connectivity index (χ3n) is 4.54. The molecule has 0 spiro atoms. The second kappa shape index (κ2) is 4.46. The predicted molar refractivity (Wildman–Crippen MR) is 73.2 cm³/mol. The molecule has 2 aliphatic heterocycles. The van der Waals surface area contributed by atoms with Gasteiger partial charge in [0.05, 0.1) is 0 Å². The molecule has 2 saturated heterocycles. The summed E-state index contributed by atoms with van der Waals surface area (Å²) in [6.07, 6.45) is 6.57. The lowest BCUT2D eigenvalue weighted by Gasteiger charge is -2.41. The van der Waals surface area contributed by atoms with Crippen LogP contribution in [0, 0.1) is 5.92 Å². The standard InChI is InChI=1S/C13H20N4S/c1-2-10-8-17(7-5-11(10)14-6-1)13-15-12(16-18-13)9-3-4-9/h9-11,14H,1-8H2. The van der Waals surface area contributed by atoms with Gasteiger partial charge in [0.15, 0.2) is 0 Å². The maximum Gasteiger partial charge on any atom is 0.205 e. The Balaban J connectivity index is 1.47. The van der Waals surface area contributed by atoms with Crippen LogP contribution < -0.4 is 10.2 Å². The number of hydrogen-bond donors (Lipinski definition) is 1. The zero-order chi connectivity index (χ0) is 11.9. The van der Waals surface area contributed by atoms with E-state index in [0.29, 0.717) is 5.92 Å². The van der Waals surface area contributed by atoms with E-state index in [1.807, 2.05) is 0 Å². The van der Waals surface area contributed by atoms with Gasteiger partial charge in [-0.3, -0.25) is 0 Å². The molecule has 1 aliphatic carbocycles. The summed E-state index contributed by atoms with van der Waals surface area (Å²) in [6.45, 7) is 3.54. The van der Waals surface area contributed by atoms with Crippen molar-refractivity contribution in [1.29, 1.82) is 0 Å². The molecule has 2 unspecified atom stereocenters. The number of fused-ring (bicyclic) bond motifs is 1. The molecule has 0 aromatic carbocycles. The highest BCUT2D eigenvalue weighted by molar-refractivity contribution is 7.09. The van der Waals surface area contributed by atoms with Crippen LogP contribution in [0.1, 0.15) is 43.8 Å².